The van der Waals surface area contributed by atoms with Gasteiger partial charge in [-0.3, -0.25) is 0 Å². The molecule has 0 saturated carbocycles. The van der Waals surface area contributed by atoms with Crippen LogP contribution in [-0.4, -0.2) is 0 Å². The van der Waals surface area contributed by atoms with Crippen LogP contribution in [0.1, 0.15) is 16.5 Å². The number of rotatable bonds is 2. The minimum absolute atomic E-state index is 0.0740. The molecule has 1 atom stereocenters. The smallest absolute Gasteiger partial charge is 0.169 e. The van der Waals surface area contributed by atoms with Gasteiger partial charge < -0.3 is 10.2 Å². The average Bonchev–Trinajstić information content (AvgIpc) is 2.72. The summed E-state index contributed by atoms with van der Waals surface area (Å²) in [6.45, 7) is 0. The maximum Gasteiger partial charge on any atom is 0.169 e. The Kier molecular flexibility index (Phi) is 2.53. The fourth-order valence-electron chi connectivity index (χ4n) is 1.12. The second-order valence-electron chi connectivity index (χ2n) is 2.68. The van der Waals surface area contributed by atoms with E-state index in [1.165, 1.54) is 0 Å². The molecule has 0 aliphatic rings. The van der Waals surface area contributed by atoms with Crippen LogP contribution in [0.2, 0.25) is 0 Å². The van der Waals surface area contributed by atoms with E-state index in [-0.39, 0.29) is 6.04 Å². The first kappa shape index (κ1) is 8.99. The molecule has 13 heavy (non-hydrogen) atoms. The Morgan fingerprint density at radius 2 is 2.38 bits per heavy atom. The topological polar surface area (TPSA) is 39.2 Å². The Bertz CT molecular complexity index is 382. The Morgan fingerprint density at radius 1 is 1.54 bits per heavy atom. The van der Waals surface area contributed by atoms with E-state index in [0.29, 0.717) is 0 Å². The number of halogens is 1. The molecule has 2 heterocycles. The van der Waals surface area contributed by atoms with Crippen LogP contribution in [0.4, 0.5) is 0 Å². The Morgan fingerprint density at radius 3 is 2.92 bits per heavy atom. The van der Waals surface area contributed by atoms with Crippen LogP contribution < -0.4 is 5.73 Å². The first-order valence-corrected chi connectivity index (χ1v) is 5.47. The van der Waals surface area contributed by atoms with Crippen LogP contribution in [-0.2, 0) is 0 Å². The van der Waals surface area contributed by atoms with Gasteiger partial charge in [-0.15, -0.1) is 11.3 Å². The predicted molar refractivity (Wildman–Crippen MR) is 56.8 cm³/mol. The van der Waals surface area contributed by atoms with Gasteiger partial charge in [0.15, 0.2) is 4.67 Å². The van der Waals surface area contributed by atoms with Gasteiger partial charge in [0.05, 0.1) is 12.3 Å². The van der Waals surface area contributed by atoms with Gasteiger partial charge in [0.2, 0.25) is 0 Å². The molecule has 4 heteroatoms. The molecule has 0 aromatic carbocycles. The van der Waals surface area contributed by atoms with E-state index in [4.69, 9.17) is 10.2 Å². The van der Waals surface area contributed by atoms with Crippen molar-refractivity contribution in [2.45, 2.75) is 6.04 Å². The lowest BCUT2D eigenvalue weighted by Gasteiger charge is -2.04. The van der Waals surface area contributed by atoms with Gasteiger partial charge in [0, 0.05) is 10.4 Å². The lowest BCUT2D eigenvalue weighted by molar-refractivity contribution is 0.537. The minimum atomic E-state index is -0.0740. The fourth-order valence-corrected chi connectivity index (χ4v) is 2.23. The van der Waals surface area contributed by atoms with E-state index in [0.717, 1.165) is 15.1 Å². The van der Waals surface area contributed by atoms with E-state index < -0.39 is 0 Å². The zero-order chi connectivity index (χ0) is 9.26. The van der Waals surface area contributed by atoms with Crippen LogP contribution in [0.15, 0.2) is 38.9 Å². The number of nitrogens with two attached hydrogens (primary N) is 1. The zero-order valence-corrected chi connectivity index (χ0v) is 9.14. The molecule has 0 aliphatic carbocycles. The molecule has 68 valence electrons. The third kappa shape index (κ3) is 1.85. The molecule has 2 nitrogen and oxygen atoms in total. The summed E-state index contributed by atoms with van der Waals surface area (Å²) in [4.78, 5) is 1.15. The van der Waals surface area contributed by atoms with Crippen molar-refractivity contribution in [3.05, 3.63) is 45.0 Å². The summed E-state index contributed by atoms with van der Waals surface area (Å²) < 4.78 is 5.84. The van der Waals surface area contributed by atoms with Crippen molar-refractivity contribution < 1.29 is 4.42 Å². The maximum absolute atomic E-state index is 6.00. The molecule has 2 N–H and O–H groups in total. The maximum atomic E-state index is 6.00. The summed E-state index contributed by atoms with van der Waals surface area (Å²) in [6, 6.07) is 5.84. The van der Waals surface area contributed by atoms with Gasteiger partial charge in [-0.2, -0.15) is 0 Å². The van der Waals surface area contributed by atoms with Crippen molar-refractivity contribution in [1.82, 2.24) is 0 Å². The minimum Gasteiger partial charge on any atom is -0.457 e. The number of furan rings is 1. The van der Waals surface area contributed by atoms with Crippen LogP contribution in [0.5, 0.6) is 0 Å². The molecule has 2 aromatic heterocycles. The highest BCUT2D eigenvalue weighted by Gasteiger charge is 2.11. The molecular formula is C9H8BrNOS. The van der Waals surface area contributed by atoms with E-state index >= 15 is 0 Å². The fraction of sp³-hybridized carbons (Fsp3) is 0.111. The molecule has 0 aliphatic heterocycles. The summed E-state index contributed by atoms with van der Waals surface area (Å²) in [5.74, 6) is 0. The van der Waals surface area contributed by atoms with Gasteiger partial charge in [-0.1, -0.05) is 6.07 Å². The van der Waals surface area contributed by atoms with Gasteiger partial charge in [-0.05, 0) is 33.4 Å². The highest BCUT2D eigenvalue weighted by Crippen LogP contribution is 2.26. The SMILES string of the molecule is NC(c1coc(Br)c1)c1cccs1. The molecule has 2 aromatic rings. The van der Waals surface area contributed by atoms with Crippen molar-refractivity contribution in [2.24, 2.45) is 5.73 Å². The molecule has 0 fully saturated rings. The lowest BCUT2D eigenvalue weighted by Crippen LogP contribution is -2.08. The van der Waals surface area contributed by atoms with Crippen molar-refractivity contribution in [1.29, 1.82) is 0 Å². The van der Waals surface area contributed by atoms with E-state index in [1.54, 1.807) is 17.6 Å². The van der Waals surface area contributed by atoms with Crippen LogP contribution in [0.25, 0.3) is 0 Å². The standard InChI is InChI=1S/C9H8BrNOS/c10-8-4-6(5-12-8)9(11)7-2-1-3-13-7/h1-5,9H,11H2. The van der Waals surface area contributed by atoms with Crippen LogP contribution in [0.3, 0.4) is 0 Å². The molecule has 2 rings (SSSR count). The molecule has 0 radical (unpaired) electrons. The third-order valence-electron chi connectivity index (χ3n) is 1.80. The first-order valence-electron chi connectivity index (χ1n) is 3.80. The summed E-state index contributed by atoms with van der Waals surface area (Å²) in [6.07, 6.45) is 1.68. The van der Waals surface area contributed by atoms with E-state index in [9.17, 15) is 0 Å². The monoisotopic (exact) mass is 257 g/mol. The van der Waals surface area contributed by atoms with Gasteiger partial charge >= 0.3 is 0 Å². The Labute approximate surface area is 88.5 Å². The Balaban J connectivity index is 2.28. The third-order valence-corrected chi connectivity index (χ3v) is 3.17. The molecule has 0 bridgehead atoms. The van der Waals surface area contributed by atoms with Crippen molar-refractivity contribution in [3.8, 4) is 0 Å². The van der Waals surface area contributed by atoms with Crippen LogP contribution >= 0.6 is 27.3 Å². The molecule has 0 saturated heterocycles. The number of hydrogen-bond donors (Lipinski definition) is 1. The highest BCUT2D eigenvalue weighted by atomic mass is 79.9. The highest BCUT2D eigenvalue weighted by molar-refractivity contribution is 9.10. The summed E-state index contributed by atoms with van der Waals surface area (Å²) >= 11 is 4.90. The second-order valence-corrected chi connectivity index (χ2v) is 4.44. The second kappa shape index (κ2) is 3.65. The molecular weight excluding hydrogens is 250 g/mol. The summed E-state index contributed by atoms with van der Waals surface area (Å²) in [5, 5.41) is 2.02. The van der Waals surface area contributed by atoms with E-state index in [1.807, 2.05) is 23.6 Å². The zero-order valence-electron chi connectivity index (χ0n) is 6.74. The predicted octanol–water partition coefficient (Wildman–Crippen LogP) is 3.15. The average molecular weight is 258 g/mol. The van der Waals surface area contributed by atoms with Gasteiger partial charge in [-0.25, -0.2) is 0 Å². The van der Waals surface area contributed by atoms with Crippen molar-refractivity contribution >= 4 is 27.3 Å². The molecule has 0 spiro atoms. The lowest BCUT2D eigenvalue weighted by atomic mass is 10.1. The molecule has 0 amide bonds. The number of hydrogen-bond acceptors (Lipinski definition) is 3. The van der Waals surface area contributed by atoms with Crippen molar-refractivity contribution in [3.63, 3.8) is 0 Å². The number of thiophene rings is 1. The Hall–Kier alpha value is -0.580. The van der Waals surface area contributed by atoms with Gasteiger partial charge in [0.25, 0.3) is 0 Å². The van der Waals surface area contributed by atoms with Crippen molar-refractivity contribution in [2.75, 3.05) is 0 Å². The summed E-state index contributed by atoms with van der Waals surface area (Å²) in [5.41, 5.74) is 7.00. The van der Waals surface area contributed by atoms with Crippen LogP contribution in [0, 0.1) is 0 Å². The summed E-state index contributed by atoms with van der Waals surface area (Å²) in [7, 11) is 0. The largest absolute Gasteiger partial charge is 0.457 e. The van der Waals surface area contributed by atoms with Gasteiger partial charge in [0.1, 0.15) is 0 Å². The first-order chi connectivity index (χ1) is 6.27. The quantitative estimate of drug-likeness (QED) is 0.898. The van der Waals surface area contributed by atoms with E-state index in [2.05, 4.69) is 15.9 Å². The molecule has 1 unspecified atom stereocenters. The normalized spacial score (nSPS) is 13.1.